The van der Waals surface area contributed by atoms with Gasteiger partial charge in [0.2, 0.25) is 0 Å². The minimum absolute atomic E-state index is 0.00197. The number of hydrogen-bond acceptors (Lipinski definition) is 18. The molecule has 0 aliphatic rings. The summed E-state index contributed by atoms with van der Waals surface area (Å²) in [6.07, 6.45) is 0. The molecule has 0 fully saturated rings. The first kappa shape index (κ1) is 41.8. The lowest BCUT2D eigenvalue weighted by molar-refractivity contribution is -0.145. The highest BCUT2D eigenvalue weighted by atomic mass is 33.1. The van der Waals surface area contributed by atoms with Crippen LogP contribution in [0.4, 0.5) is 0 Å². The van der Waals surface area contributed by atoms with Crippen molar-refractivity contribution in [3.05, 3.63) is 47.8 Å². The molecule has 2 aromatic rings. The smallest absolute Gasteiger partial charge is 0.329 e. The summed E-state index contributed by atoms with van der Waals surface area (Å²) in [7, 11) is 4.79. The van der Waals surface area contributed by atoms with Crippen LogP contribution in [0.15, 0.2) is 36.4 Å². The number of ether oxygens (including phenoxy) is 2. The molecule has 4 atom stereocenters. The topological polar surface area (TPSA) is 201 Å². The number of nitrogens with zero attached hydrogens (tertiary/aromatic N) is 2. The molecular formula is C28H36N6O8S6. The quantitative estimate of drug-likeness (QED) is 0.0314. The van der Waals surface area contributed by atoms with Crippen molar-refractivity contribution in [3.63, 3.8) is 0 Å². The summed E-state index contributed by atoms with van der Waals surface area (Å²) in [5, 5.41) is 26.5. The summed E-state index contributed by atoms with van der Waals surface area (Å²) in [6.45, 7) is 3.18. The maximum atomic E-state index is 13.2. The van der Waals surface area contributed by atoms with Crippen molar-refractivity contribution in [2.75, 3.05) is 37.9 Å². The van der Waals surface area contributed by atoms with Crippen molar-refractivity contribution < 1.29 is 38.9 Å². The first-order valence-electron chi connectivity index (χ1n) is 14.3. The van der Waals surface area contributed by atoms with Gasteiger partial charge in [-0.05, 0) is 70.8 Å². The Morgan fingerprint density at radius 2 is 1.15 bits per heavy atom. The van der Waals surface area contributed by atoms with E-state index in [4.69, 9.17) is 33.9 Å². The average Bonchev–Trinajstić information content (AvgIpc) is 3.10. The van der Waals surface area contributed by atoms with Crippen LogP contribution < -0.4 is 20.1 Å². The summed E-state index contributed by atoms with van der Waals surface area (Å²) in [5.41, 5.74) is 0.563. The second kappa shape index (κ2) is 23.9. The minimum Gasteiger partial charge on any atom is -0.464 e. The molecule has 0 aromatic carbocycles. The van der Waals surface area contributed by atoms with Gasteiger partial charge in [0.1, 0.15) is 23.5 Å². The van der Waals surface area contributed by atoms with Crippen molar-refractivity contribution in [2.45, 2.75) is 38.0 Å². The van der Waals surface area contributed by atoms with E-state index in [1.807, 2.05) is 0 Å². The van der Waals surface area contributed by atoms with Crippen molar-refractivity contribution in [3.8, 4) is 11.4 Å². The van der Waals surface area contributed by atoms with E-state index < -0.39 is 47.9 Å². The molecule has 2 rings (SSSR count). The molecule has 2 aromatic heterocycles. The lowest BCUT2D eigenvalue weighted by Crippen LogP contribution is -2.44. The zero-order valence-corrected chi connectivity index (χ0v) is 30.8. The third kappa shape index (κ3) is 14.6. The van der Waals surface area contributed by atoms with E-state index in [2.05, 4.69) is 30.0 Å². The zero-order chi connectivity index (χ0) is 35.3. The zero-order valence-electron chi connectivity index (χ0n) is 25.9. The first-order valence-corrected chi connectivity index (χ1v) is 19.9. The Morgan fingerprint density at radius 1 is 0.750 bits per heavy atom. The number of carbonyl (C=O) groups excluding carboxylic acids is 4. The number of aliphatic hydroxyl groups excluding tert-OH is 2. The SMILES string of the molecule is CCOC(=O)C(CSSN[C@@H](C=S)CO)NC(=O)c1cccc(-c2cccc(C(=O)NC(CSSN[C@@H](C=S)CO)C(=O)OCC)n2)n1. The van der Waals surface area contributed by atoms with Crippen LogP contribution in [-0.4, -0.2) is 117 Å². The summed E-state index contributed by atoms with van der Waals surface area (Å²) in [4.78, 5) is 60.2. The van der Waals surface area contributed by atoms with Crippen LogP contribution in [0, 0.1) is 0 Å². The Hall–Kier alpha value is -2.40. The van der Waals surface area contributed by atoms with Crippen LogP contribution in [0.5, 0.6) is 0 Å². The normalized spacial score (nSPS) is 13.3. The van der Waals surface area contributed by atoms with Crippen LogP contribution in [0.25, 0.3) is 11.4 Å². The monoisotopic (exact) mass is 776 g/mol. The number of rotatable bonds is 23. The number of amides is 2. The molecule has 0 spiro atoms. The van der Waals surface area contributed by atoms with Crippen LogP contribution in [0.1, 0.15) is 34.8 Å². The average molecular weight is 777 g/mol. The molecule has 0 saturated carbocycles. The molecular weight excluding hydrogens is 741 g/mol. The molecule has 20 heteroatoms. The lowest BCUT2D eigenvalue weighted by atomic mass is 10.2. The molecule has 2 unspecified atom stereocenters. The minimum atomic E-state index is -0.997. The van der Waals surface area contributed by atoms with E-state index in [9.17, 15) is 29.4 Å². The van der Waals surface area contributed by atoms with Crippen LogP contribution in [0.2, 0.25) is 0 Å². The summed E-state index contributed by atoms with van der Waals surface area (Å²) < 4.78 is 16.1. The number of nitrogens with one attached hydrogen (secondary N) is 4. The van der Waals surface area contributed by atoms with Gasteiger partial charge >= 0.3 is 11.9 Å². The number of hydrogen-bond donors (Lipinski definition) is 6. The van der Waals surface area contributed by atoms with E-state index in [0.717, 1.165) is 22.0 Å². The van der Waals surface area contributed by atoms with Gasteiger partial charge in [-0.3, -0.25) is 9.59 Å². The molecule has 6 N–H and O–H groups in total. The highest BCUT2D eigenvalue weighted by Crippen LogP contribution is 2.21. The van der Waals surface area contributed by atoms with E-state index in [0.29, 0.717) is 0 Å². The molecule has 0 bridgehead atoms. The third-order valence-electron chi connectivity index (χ3n) is 5.69. The highest BCUT2D eigenvalue weighted by Gasteiger charge is 2.26. The predicted octanol–water partition coefficient (Wildman–Crippen LogP) is 1.96. The Bertz CT molecular complexity index is 1280. The van der Waals surface area contributed by atoms with Crippen LogP contribution >= 0.6 is 68.0 Å². The number of pyridine rings is 2. The molecule has 14 nitrogen and oxygen atoms in total. The largest absolute Gasteiger partial charge is 0.464 e. The standard InChI is InChI=1S/C28H36N6O8S6/c1-3-41-27(39)23(15-45-47-33-17(11-35)13-43)31-25(37)21-9-5-7-19(29-21)20-8-6-10-22(30-20)26(38)32-24(28(40)42-4-2)16-46-48-34-18(12-36)14-44/h5-10,13-14,17-18,23-24,33-36H,3-4,11-12,15-16H2,1-2H3,(H,31,37)(H,32,38)/t17-,18-,23?,24?/m1/s1. The van der Waals surface area contributed by atoms with Gasteiger partial charge in [0.15, 0.2) is 0 Å². The maximum Gasteiger partial charge on any atom is 0.329 e. The number of carbonyl (C=O) groups is 4. The molecule has 0 saturated heterocycles. The molecule has 2 heterocycles. The number of thiocarbonyl (C=S) groups is 2. The Morgan fingerprint density at radius 3 is 1.48 bits per heavy atom. The fourth-order valence-electron chi connectivity index (χ4n) is 3.31. The van der Waals surface area contributed by atoms with Crippen molar-refractivity contribution >= 4 is 102 Å². The lowest BCUT2D eigenvalue weighted by Gasteiger charge is -2.17. The molecule has 48 heavy (non-hydrogen) atoms. The molecule has 0 aliphatic carbocycles. The Kier molecular flexibility index (Phi) is 20.8. The third-order valence-corrected chi connectivity index (χ3v) is 10.4. The van der Waals surface area contributed by atoms with Crippen LogP contribution in [-0.2, 0) is 19.1 Å². The molecule has 0 aliphatic heterocycles. The van der Waals surface area contributed by atoms with E-state index >= 15 is 0 Å². The number of esters is 2. The number of aliphatic hydroxyl groups is 2. The van der Waals surface area contributed by atoms with Crippen molar-refractivity contribution in [1.29, 1.82) is 0 Å². The van der Waals surface area contributed by atoms with Crippen LogP contribution in [0.3, 0.4) is 0 Å². The Labute approximate surface area is 304 Å². The molecule has 0 radical (unpaired) electrons. The van der Waals surface area contributed by atoms with Gasteiger partial charge in [0, 0.05) is 11.5 Å². The molecule has 2 amide bonds. The van der Waals surface area contributed by atoms with Gasteiger partial charge in [0.05, 0.1) is 49.9 Å². The van der Waals surface area contributed by atoms with E-state index in [1.54, 1.807) is 38.1 Å². The highest BCUT2D eigenvalue weighted by molar-refractivity contribution is 8.76. The second-order valence-corrected chi connectivity index (χ2v) is 14.1. The molecule has 262 valence electrons. The van der Waals surface area contributed by atoms with Gasteiger partial charge in [-0.1, -0.05) is 58.2 Å². The van der Waals surface area contributed by atoms with Gasteiger partial charge in [0.25, 0.3) is 11.8 Å². The first-order chi connectivity index (χ1) is 23.2. The predicted molar refractivity (Wildman–Crippen MR) is 199 cm³/mol. The van der Waals surface area contributed by atoms with E-state index in [1.165, 1.54) is 44.5 Å². The summed E-state index contributed by atoms with van der Waals surface area (Å²) >= 11 is 9.66. The van der Waals surface area contributed by atoms with Gasteiger partial charge < -0.3 is 30.3 Å². The summed E-state index contributed by atoms with van der Waals surface area (Å²) in [6, 6.07) is 6.51. The summed E-state index contributed by atoms with van der Waals surface area (Å²) in [5.74, 6) is -2.22. The number of aromatic nitrogens is 2. The van der Waals surface area contributed by atoms with Crippen molar-refractivity contribution in [1.82, 2.24) is 30.0 Å². The van der Waals surface area contributed by atoms with Gasteiger partial charge in [-0.2, -0.15) is 0 Å². The maximum absolute atomic E-state index is 13.2. The van der Waals surface area contributed by atoms with Gasteiger partial charge in [-0.15, -0.1) is 0 Å². The fraction of sp³-hybridized carbons (Fsp3) is 0.429. The second-order valence-electron chi connectivity index (χ2n) is 9.19. The van der Waals surface area contributed by atoms with E-state index in [-0.39, 0.29) is 60.7 Å². The van der Waals surface area contributed by atoms with Gasteiger partial charge in [-0.25, -0.2) is 29.0 Å². The fourth-order valence-corrected chi connectivity index (χ4v) is 7.68. The Balaban J connectivity index is 2.14. The van der Waals surface area contributed by atoms with Crippen molar-refractivity contribution in [2.24, 2.45) is 0 Å².